The van der Waals surface area contributed by atoms with Crippen LogP contribution >= 0.6 is 0 Å². The van der Waals surface area contributed by atoms with E-state index >= 15 is 0 Å². The molecule has 1 saturated carbocycles. The Labute approximate surface area is 97.6 Å². The molecule has 0 radical (unpaired) electrons. The molecule has 1 unspecified atom stereocenters. The van der Waals surface area contributed by atoms with Crippen LogP contribution in [0.5, 0.6) is 0 Å². The predicted molar refractivity (Wildman–Crippen MR) is 64.2 cm³/mol. The van der Waals surface area contributed by atoms with Crippen LogP contribution in [0.4, 0.5) is 0 Å². The van der Waals surface area contributed by atoms with Crippen molar-refractivity contribution in [2.45, 2.75) is 46.6 Å². The van der Waals surface area contributed by atoms with Crippen molar-refractivity contribution in [1.82, 2.24) is 10.3 Å². The second-order valence-electron chi connectivity index (χ2n) is 5.93. The number of nitrogens with one attached hydrogen (secondary N) is 1. The van der Waals surface area contributed by atoms with Crippen molar-refractivity contribution >= 4 is 0 Å². The Hall–Kier alpha value is -0.830. The lowest BCUT2D eigenvalue weighted by Crippen LogP contribution is -2.19. The smallest absolute Gasteiger partial charge is 0.208 e. The highest BCUT2D eigenvalue weighted by Gasteiger charge is 2.48. The van der Waals surface area contributed by atoms with Crippen LogP contribution in [0.15, 0.2) is 10.6 Å². The van der Waals surface area contributed by atoms with Crippen LogP contribution in [-0.2, 0) is 6.54 Å². The molecule has 1 atom stereocenters. The molecule has 0 saturated heterocycles. The van der Waals surface area contributed by atoms with Gasteiger partial charge in [-0.25, -0.2) is 4.98 Å². The predicted octanol–water partition coefficient (Wildman–Crippen LogP) is 2.93. The van der Waals surface area contributed by atoms with Crippen LogP contribution in [0.1, 0.15) is 51.7 Å². The summed E-state index contributed by atoms with van der Waals surface area (Å²) in [6, 6.07) is 0. The number of oxazole rings is 1. The molecule has 1 N–H and O–H groups in total. The number of hydrogen-bond donors (Lipinski definition) is 1. The first-order valence-corrected chi connectivity index (χ1v) is 6.14. The van der Waals surface area contributed by atoms with Crippen molar-refractivity contribution in [3.05, 3.63) is 17.8 Å². The Morgan fingerprint density at radius 2 is 2.25 bits per heavy atom. The fourth-order valence-electron chi connectivity index (χ4n) is 1.99. The minimum atomic E-state index is 0.419. The molecular formula is C13H22N2O. The zero-order valence-electron chi connectivity index (χ0n) is 10.7. The van der Waals surface area contributed by atoms with E-state index in [-0.39, 0.29) is 0 Å². The van der Waals surface area contributed by atoms with Crippen LogP contribution in [0.3, 0.4) is 0 Å². The van der Waals surface area contributed by atoms with Gasteiger partial charge in [-0.1, -0.05) is 27.7 Å². The summed E-state index contributed by atoms with van der Waals surface area (Å²) in [6.45, 7) is 10.7. The third kappa shape index (κ3) is 2.64. The van der Waals surface area contributed by atoms with Gasteiger partial charge in [0.25, 0.3) is 0 Å². The third-order valence-electron chi connectivity index (χ3n) is 3.26. The largest absolute Gasteiger partial charge is 0.444 e. The first kappa shape index (κ1) is 11.6. The molecule has 1 aromatic rings. The number of rotatable bonds is 5. The third-order valence-corrected chi connectivity index (χ3v) is 3.26. The zero-order chi connectivity index (χ0) is 11.8. The molecule has 1 aromatic heterocycles. The monoisotopic (exact) mass is 222 g/mol. The zero-order valence-corrected chi connectivity index (χ0v) is 10.7. The first-order valence-electron chi connectivity index (χ1n) is 6.14. The Bertz CT molecular complexity index is 355. The molecule has 0 aliphatic heterocycles. The van der Waals surface area contributed by atoms with Gasteiger partial charge in [0.2, 0.25) is 5.89 Å². The quantitative estimate of drug-likeness (QED) is 0.832. The fraction of sp³-hybridized carbons (Fsp3) is 0.769. The van der Waals surface area contributed by atoms with Gasteiger partial charge in [-0.05, 0) is 24.3 Å². The summed E-state index contributed by atoms with van der Waals surface area (Å²) >= 11 is 0. The first-order chi connectivity index (χ1) is 7.49. The van der Waals surface area contributed by atoms with E-state index in [4.69, 9.17) is 4.42 Å². The fourth-order valence-corrected chi connectivity index (χ4v) is 1.99. The van der Waals surface area contributed by atoms with E-state index in [2.05, 4.69) is 38.0 Å². The van der Waals surface area contributed by atoms with Crippen molar-refractivity contribution in [3.8, 4) is 0 Å². The summed E-state index contributed by atoms with van der Waals surface area (Å²) in [5, 5.41) is 3.34. The summed E-state index contributed by atoms with van der Waals surface area (Å²) in [6.07, 6.45) is 3.12. The molecule has 1 aliphatic carbocycles. The van der Waals surface area contributed by atoms with E-state index in [1.54, 1.807) is 0 Å². The van der Waals surface area contributed by atoms with E-state index in [1.807, 2.05) is 6.20 Å². The molecule has 0 aromatic carbocycles. The van der Waals surface area contributed by atoms with Gasteiger partial charge in [0, 0.05) is 5.92 Å². The van der Waals surface area contributed by atoms with Gasteiger partial charge < -0.3 is 9.73 Å². The Morgan fingerprint density at radius 1 is 1.56 bits per heavy atom. The van der Waals surface area contributed by atoms with E-state index in [1.165, 1.54) is 6.42 Å². The summed E-state index contributed by atoms with van der Waals surface area (Å²) in [7, 11) is 0. The molecule has 0 amide bonds. The van der Waals surface area contributed by atoms with Gasteiger partial charge in [-0.2, -0.15) is 0 Å². The molecule has 1 aliphatic rings. The topological polar surface area (TPSA) is 38.1 Å². The average molecular weight is 222 g/mol. The van der Waals surface area contributed by atoms with E-state index in [0.717, 1.165) is 24.7 Å². The second kappa shape index (κ2) is 4.21. The van der Waals surface area contributed by atoms with Gasteiger partial charge >= 0.3 is 0 Å². The SMILES string of the molecule is CC(C)CNCc1ncc(C2CC2(C)C)o1. The molecule has 0 spiro atoms. The summed E-state index contributed by atoms with van der Waals surface area (Å²) in [5.41, 5.74) is 0.419. The molecule has 90 valence electrons. The Balaban J connectivity index is 1.84. The highest BCUT2D eigenvalue weighted by atomic mass is 16.4. The Morgan fingerprint density at radius 3 is 2.81 bits per heavy atom. The highest BCUT2D eigenvalue weighted by molar-refractivity contribution is 5.17. The van der Waals surface area contributed by atoms with E-state index < -0.39 is 0 Å². The minimum Gasteiger partial charge on any atom is -0.444 e. The van der Waals surface area contributed by atoms with Crippen LogP contribution < -0.4 is 5.32 Å². The summed E-state index contributed by atoms with van der Waals surface area (Å²) in [4.78, 5) is 4.31. The van der Waals surface area contributed by atoms with Gasteiger partial charge in [-0.15, -0.1) is 0 Å². The van der Waals surface area contributed by atoms with Crippen molar-refractivity contribution in [2.24, 2.45) is 11.3 Å². The van der Waals surface area contributed by atoms with Gasteiger partial charge in [-0.3, -0.25) is 0 Å². The standard InChI is InChI=1S/C13H22N2O/c1-9(2)6-14-8-12-15-7-11(16-12)10-5-13(10,3)4/h7,9-10,14H,5-6,8H2,1-4H3. The average Bonchev–Trinajstić information content (AvgIpc) is 2.60. The van der Waals surface area contributed by atoms with Crippen LogP contribution in [0.2, 0.25) is 0 Å². The van der Waals surface area contributed by atoms with Crippen LogP contribution in [-0.4, -0.2) is 11.5 Å². The van der Waals surface area contributed by atoms with E-state index in [9.17, 15) is 0 Å². The van der Waals surface area contributed by atoms with Crippen molar-refractivity contribution in [3.63, 3.8) is 0 Å². The maximum atomic E-state index is 5.75. The highest BCUT2D eigenvalue weighted by Crippen LogP contribution is 2.58. The normalized spacial score (nSPS) is 22.7. The second-order valence-corrected chi connectivity index (χ2v) is 5.93. The molecule has 1 heterocycles. The van der Waals surface area contributed by atoms with Gasteiger partial charge in [0.05, 0.1) is 12.7 Å². The van der Waals surface area contributed by atoms with Crippen molar-refractivity contribution in [1.29, 1.82) is 0 Å². The summed E-state index contributed by atoms with van der Waals surface area (Å²) < 4.78 is 5.75. The maximum Gasteiger partial charge on any atom is 0.208 e. The Kier molecular flexibility index (Phi) is 3.06. The minimum absolute atomic E-state index is 0.419. The van der Waals surface area contributed by atoms with Crippen molar-refractivity contribution < 1.29 is 4.42 Å². The molecule has 0 bridgehead atoms. The molecule has 3 nitrogen and oxygen atoms in total. The number of aromatic nitrogens is 1. The number of nitrogens with zero attached hydrogens (tertiary/aromatic N) is 1. The molecule has 3 heteroatoms. The molecule has 1 fully saturated rings. The molecule has 2 rings (SSSR count). The lowest BCUT2D eigenvalue weighted by atomic mass is 10.1. The summed E-state index contributed by atoms with van der Waals surface area (Å²) in [5.74, 6) is 3.13. The van der Waals surface area contributed by atoms with Gasteiger partial charge in [0.1, 0.15) is 5.76 Å². The van der Waals surface area contributed by atoms with Crippen molar-refractivity contribution in [2.75, 3.05) is 6.54 Å². The molecular weight excluding hydrogens is 200 g/mol. The maximum absolute atomic E-state index is 5.75. The van der Waals surface area contributed by atoms with E-state index in [0.29, 0.717) is 17.3 Å². The van der Waals surface area contributed by atoms with Crippen LogP contribution in [0.25, 0.3) is 0 Å². The lowest BCUT2D eigenvalue weighted by molar-refractivity contribution is 0.416. The van der Waals surface area contributed by atoms with Crippen LogP contribution in [0, 0.1) is 11.3 Å². The lowest BCUT2D eigenvalue weighted by Gasteiger charge is -2.04. The van der Waals surface area contributed by atoms with Gasteiger partial charge in [0.15, 0.2) is 0 Å². The molecule has 16 heavy (non-hydrogen) atoms. The number of hydrogen-bond acceptors (Lipinski definition) is 3.